The topological polar surface area (TPSA) is 36.3 Å². The average Bonchev–Trinajstić information content (AvgIpc) is 3.07. The average molecular weight is 352 g/mol. The largest absolute Gasteiger partial charge is 0.376 e. The van der Waals surface area contributed by atoms with Crippen LogP contribution in [0.2, 0.25) is 0 Å². The number of halogens is 1. The summed E-state index contributed by atoms with van der Waals surface area (Å²) in [5.41, 5.74) is 4.75. The lowest BCUT2D eigenvalue weighted by molar-refractivity contribution is -0.0934. The lowest BCUT2D eigenvalue weighted by Crippen LogP contribution is -2.32. The Morgan fingerprint density at radius 3 is 2.73 bits per heavy atom. The van der Waals surface area contributed by atoms with Crippen molar-refractivity contribution in [1.29, 1.82) is 0 Å². The molecule has 1 fully saturated rings. The Morgan fingerprint density at radius 2 is 2.00 bits per heavy atom. The molecule has 0 spiro atoms. The van der Waals surface area contributed by atoms with Crippen LogP contribution in [-0.2, 0) is 16.0 Å². The quantitative estimate of drug-likeness (QED) is 0.710. The zero-order chi connectivity index (χ0) is 17.9. The lowest BCUT2D eigenvalue weighted by Gasteiger charge is -2.24. The normalized spacial score (nSPS) is 17.4. The lowest BCUT2D eigenvalue weighted by atomic mass is 10.0. The summed E-state index contributed by atoms with van der Waals surface area (Å²) in [5, 5.41) is 0. The molecule has 1 aromatic heterocycles. The Labute approximate surface area is 152 Å². The van der Waals surface area contributed by atoms with Gasteiger partial charge in [-0.2, -0.15) is 0 Å². The molecule has 1 aliphatic heterocycles. The molecular formula is C21H21FN2O2. The molecule has 2 aromatic carbocycles. The molecule has 0 saturated carbocycles. The second-order valence-electron chi connectivity index (χ2n) is 6.49. The molecule has 0 amide bonds. The first kappa shape index (κ1) is 16.9. The second-order valence-corrected chi connectivity index (χ2v) is 6.49. The molecular weight excluding hydrogens is 331 g/mol. The van der Waals surface area contributed by atoms with Crippen molar-refractivity contribution in [2.24, 2.45) is 0 Å². The van der Waals surface area contributed by atoms with E-state index in [9.17, 15) is 4.39 Å². The fourth-order valence-electron chi connectivity index (χ4n) is 3.36. The third kappa shape index (κ3) is 3.41. The first-order valence-corrected chi connectivity index (χ1v) is 8.79. The Hall–Kier alpha value is -2.50. The van der Waals surface area contributed by atoms with E-state index in [2.05, 4.69) is 9.55 Å². The molecule has 5 heteroatoms. The highest BCUT2D eigenvalue weighted by Gasteiger charge is 2.21. The standard InChI is InChI=1S/C21H21FN2O2/c1-15-11-17(22)7-8-19(15)21-20(16-5-3-2-4-6-16)23-14-24(21)12-18-13-25-9-10-26-18/h2-8,11,14,18H,9-10,12-13H2,1H3/t18-/m1/s1. The Balaban J connectivity index is 1.80. The monoisotopic (exact) mass is 352 g/mol. The van der Waals surface area contributed by atoms with Gasteiger partial charge in [0.05, 0.1) is 50.2 Å². The van der Waals surface area contributed by atoms with Gasteiger partial charge in [-0.05, 0) is 30.7 Å². The Bertz CT molecular complexity index is 886. The van der Waals surface area contributed by atoms with Crippen molar-refractivity contribution in [3.63, 3.8) is 0 Å². The fourth-order valence-corrected chi connectivity index (χ4v) is 3.36. The van der Waals surface area contributed by atoms with Gasteiger partial charge in [-0.15, -0.1) is 0 Å². The van der Waals surface area contributed by atoms with Crippen LogP contribution in [0.5, 0.6) is 0 Å². The fraction of sp³-hybridized carbons (Fsp3) is 0.286. The molecule has 4 rings (SSSR count). The van der Waals surface area contributed by atoms with Crippen LogP contribution in [0.1, 0.15) is 5.56 Å². The van der Waals surface area contributed by atoms with Crippen LogP contribution in [-0.4, -0.2) is 35.5 Å². The van der Waals surface area contributed by atoms with Gasteiger partial charge < -0.3 is 14.0 Å². The van der Waals surface area contributed by atoms with E-state index in [1.165, 1.54) is 6.07 Å². The number of ether oxygens (including phenoxy) is 2. The highest BCUT2D eigenvalue weighted by Crippen LogP contribution is 2.33. The van der Waals surface area contributed by atoms with Crippen LogP contribution in [0, 0.1) is 12.7 Å². The van der Waals surface area contributed by atoms with Gasteiger partial charge in [0, 0.05) is 11.1 Å². The smallest absolute Gasteiger partial charge is 0.123 e. The van der Waals surface area contributed by atoms with E-state index in [4.69, 9.17) is 9.47 Å². The van der Waals surface area contributed by atoms with Crippen LogP contribution in [0.4, 0.5) is 4.39 Å². The van der Waals surface area contributed by atoms with Crippen LogP contribution in [0.25, 0.3) is 22.5 Å². The predicted octanol–water partition coefficient (Wildman–Crippen LogP) is 4.08. The van der Waals surface area contributed by atoms with E-state index in [1.807, 2.05) is 49.6 Å². The van der Waals surface area contributed by atoms with E-state index in [1.54, 1.807) is 6.07 Å². The minimum atomic E-state index is -0.234. The number of hydrogen-bond donors (Lipinski definition) is 0. The molecule has 0 bridgehead atoms. The molecule has 4 nitrogen and oxygen atoms in total. The number of nitrogens with zero attached hydrogens (tertiary/aromatic N) is 2. The van der Waals surface area contributed by atoms with Crippen molar-refractivity contribution in [3.8, 4) is 22.5 Å². The minimum absolute atomic E-state index is 0.0129. The van der Waals surface area contributed by atoms with Crippen molar-refractivity contribution in [2.45, 2.75) is 19.6 Å². The van der Waals surface area contributed by atoms with Crippen LogP contribution in [0.3, 0.4) is 0 Å². The van der Waals surface area contributed by atoms with Crippen molar-refractivity contribution in [1.82, 2.24) is 9.55 Å². The van der Waals surface area contributed by atoms with Crippen molar-refractivity contribution >= 4 is 0 Å². The third-order valence-electron chi connectivity index (χ3n) is 4.61. The van der Waals surface area contributed by atoms with E-state index in [-0.39, 0.29) is 11.9 Å². The van der Waals surface area contributed by atoms with E-state index < -0.39 is 0 Å². The summed E-state index contributed by atoms with van der Waals surface area (Å²) >= 11 is 0. The minimum Gasteiger partial charge on any atom is -0.376 e. The van der Waals surface area contributed by atoms with Crippen LogP contribution >= 0.6 is 0 Å². The second kappa shape index (κ2) is 7.40. The Kier molecular flexibility index (Phi) is 4.82. The number of aryl methyl sites for hydroxylation is 1. The van der Waals surface area contributed by atoms with Gasteiger partial charge in [0.2, 0.25) is 0 Å². The number of hydrogen-bond acceptors (Lipinski definition) is 3. The molecule has 1 saturated heterocycles. The zero-order valence-electron chi connectivity index (χ0n) is 14.7. The van der Waals surface area contributed by atoms with Gasteiger partial charge in [0.15, 0.2) is 0 Å². The van der Waals surface area contributed by atoms with Gasteiger partial charge in [0.25, 0.3) is 0 Å². The highest BCUT2D eigenvalue weighted by molar-refractivity contribution is 5.80. The van der Waals surface area contributed by atoms with E-state index in [0.29, 0.717) is 26.4 Å². The molecule has 26 heavy (non-hydrogen) atoms. The van der Waals surface area contributed by atoms with Gasteiger partial charge in [-0.25, -0.2) is 9.37 Å². The number of imidazole rings is 1. The summed E-state index contributed by atoms with van der Waals surface area (Å²) in [6.07, 6.45) is 1.82. The summed E-state index contributed by atoms with van der Waals surface area (Å²) in [5.74, 6) is -0.234. The maximum atomic E-state index is 13.6. The maximum absolute atomic E-state index is 13.6. The summed E-state index contributed by atoms with van der Waals surface area (Å²) in [6.45, 7) is 4.38. The number of aromatic nitrogens is 2. The van der Waals surface area contributed by atoms with Crippen molar-refractivity contribution in [3.05, 3.63) is 66.2 Å². The molecule has 3 aromatic rings. The van der Waals surface area contributed by atoms with E-state index >= 15 is 0 Å². The molecule has 134 valence electrons. The maximum Gasteiger partial charge on any atom is 0.123 e. The first-order chi connectivity index (χ1) is 12.7. The molecule has 2 heterocycles. The SMILES string of the molecule is Cc1cc(F)ccc1-c1c(-c2ccccc2)ncn1C[C@@H]1COCCO1. The summed E-state index contributed by atoms with van der Waals surface area (Å²) in [4.78, 5) is 4.66. The van der Waals surface area contributed by atoms with E-state index in [0.717, 1.165) is 28.1 Å². The molecule has 1 atom stereocenters. The van der Waals surface area contributed by atoms with Crippen LogP contribution < -0.4 is 0 Å². The molecule has 0 radical (unpaired) electrons. The van der Waals surface area contributed by atoms with Crippen molar-refractivity contribution in [2.75, 3.05) is 19.8 Å². The molecule has 1 aliphatic rings. The summed E-state index contributed by atoms with van der Waals surface area (Å²) in [7, 11) is 0. The number of rotatable bonds is 4. The number of benzene rings is 2. The summed E-state index contributed by atoms with van der Waals surface area (Å²) in [6, 6.07) is 14.9. The first-order valence-electron chi connectivity index (χ1n) is 8.79. The predicted molar refractivity (Wildman–Crippen MR) is 98.4 cm³/mol. The van der Waals surface area contributed by atoms with Gasteiger partial charge >= 0.3 is 0 Å². The van der Waals surface area contributed by atoms with Crippen LogP contribution in [0.15, 0.2) is 54.9 Å². The van der Waals surface area contributed by atoms with Crippen molar-refractivity contribution < 1.29 is 13.9 Å². The summed E-state index contributed by atoms with van der Waals surface area (Å²) < 4.78 is 27.0. The zero-order valence-corrected chi connectivity index (χ0v) is 14.7. The van der Waals surface area contributed by atoms with Gasteiger partial charge in [-0.1, -0.05) is 30.3 Å². The molecule has 0 unspecified atom stereocenters. The molecule has 0 N–H and O–H groups in total. The molecule has 0 aliphatic carbocycles. The van der Waals surface area contributed by atoms with Gasteiger partial charge in [0.1, 0.15) is 5.82 Å². The highest BCUT2D eigenvalue weighted by atomic mass is 19.1. The third-order valence-corrected chi connectivity index (χ3v) is 4.61. The Morgan fingerprint density at radius 1 is 1.15 bits per heavy atom. The van der Waals surface area contributed by atoms with Gasteiger partial charge in [-0.3, -0.25) is 0 Å².